The van der Waals surface area contributed by atoms with E-state index in [2.05, 4.69) is 41.7 Å². The topological polar surface area (TPSA) is 35.8 Å². The molecule has 1 aromatic rings. The second kappa shape index (κ2) is 6.56. The zero-order chi connectivity index (χ0) is 12.8. The highest BCUT2D eigenvalue weighted by molar-refractivity contribution is 5.22. The van der Waals surface area contributed by atoms with Crippen molar-refractivity contribution < 1.29 is 0 Å². The van der Waals surface area contributed by atoms with Crippen molar-refractivity contribution in [3.63, 3.8) is 0 Å². The number of hydrogen-bond acceptors (Lipinski definition) is 2. The van der Waals surface area contributed by atoms with E-state index < -0.39 is 0 Å². The molecular weight excluding hydrogens is 220 g/mol. The van der Waals surface area contributed by atoms with E-state index in [1.165, 1.54) is 31.2 Å². The number of nitriles is 1. The lowest BCUT2D eigenvalue weighted by Crippen LogP contribution is -2.39. The predicted octanol–water partition coefficient (Wildman–Crippen LogP) is 3.46. The lowest BCUT2D eigenvalue weighted by molar-refractivity contribution is 0.321. The average molecular weight is 242 g/mol. The van der Waals surface area contributed by atoms with Crippen molar-refractivity contribution in [2.75, 3.05) is 6.54 Å². The van der Waals surface area contributed by atoms with Crippen LogP contribution in [0.25, 0.3) is 0 Å². The zero-order valence-electron chi connectivity index (χ0n) is 11.1. The van der Waals surface area contributed by atoms with Crippen molar-refractivity contribution in [1.82, 2.24) is 5.32 Å². The smallest absolute Gasteiger partial charge is 0.0666 e. The van der Waals surface area contributed by atoms with E-state index in [-0.39, 0.29) is 5.92 Å². The summed E-state index contributed by atoms with van der Waals surface area (Å²) in [7, 11) is 0. The van der Waals surface area contributed by atoms with Crippen LogP contribution in [0.5, 0.6) is 0 Å². The molecule has 1 aliphatic carbocycles. The van der Waals surface area contributed by atoms with Crippen molar-refractivity contribution in [3.8, 4) is 6.07 Å². The van der Waals surface area contributed by atoms with Gasteiger partial charge in [-0.15, -0.1) is 0 Å². The quantitative estimate of drug-likeness (QED) is 0.877. The molecule has 0 bridgehead atoms. The summed E-state index contributed by atoms with van der Waals surface area (Å²) in [5.41, 5.74) is 1.44. The summed E-state index contributed by atoms with van der Waals surface area (Å²) in [5.74, 6) is 0.717. The first kappa shape index (κ1) is 13.1. The van der Waals surface area contributed by atoms with E-state index in [1.807, 2.05) is 6.92 Å². The van der Waals surface area contributed by atoms with E-state index in [9.17, 15) is 0 Å². The van der Waals surface area contributed by atoms with Gasteiger partial charge in [-0.05, 0) is 31.2 Å². The Morgan fingerprint density at radius 2 is 2.00 bits per heavy atom. The van der Waals surface area contributed by atoms with Gasteiger partial charge in [0.15, 0.2) is 0 Å². The molecule has 2 nitrogen and oxygen atoms in total. The maximum atomic E-state index is 8.86. The van der Waals surface area contributed by atoms with Crippen LogP contribution in [-0.2, 0) is 0 Å². The molecule has 0 radical (unpaired) electrons. The molecule has 0 saturated heterocycles. The first-order valence-corrected chi connectivity index (χ1v) is 6.99. The third-order valence-electron chi connectivity index (χ3n) is 3.90. The van der Waals surface area contributed by atoms with Gasteiger partial charge < -0.3 is 5.32 Å². The highest BCUT2D eigenvalue weighted by Gasteiger charge is 2.26. The molecule has 2 rings (SSSR count). The second-order valence-corrected chi connectivity index (χ2v) is 5.35. The van der Waals surface area contributed by atoms with Crippen LogP contribution < -0.4 is 5.32 Å². The van der Waals surface area contributed by atoms with Crippen LogP contribution in [-0.4, -0.2) is 12.6 Å². The fourth-order valence-electron chi connectivity index (χ4n) is 2.85. The van der Waals surface area contributed by atoms with E-state index in [0.29, 0.717) is 12.0 Å². The van der Waals surface area contributed by atoms with Crippen LogP contribution >= 0.6 is 0 Å². The lowest BCUT2D eigenvalue weighted by atomic mass is 9.80. The number of rotatable bonds is 4. The Labute approximate surface area is 110 Å². The highest BCUT2D eigenvalue weighted by Crippen LogP contribution is 2.32. The molecule has 0 spiro atoms. The summed E-state index contributed by atoms with van der Waals surface area (Å²) in [6.45, 7) is 2.79. The largest absolute Gasteiger partial charge is 0.312 e. The van der Waals surface area contributed by atoms with Gasteiger partial charge in [-0.25, -0.2) is 0 Å². The molecule has 3 unspecified atom stereocenters. The Morgan fingerprint density at radius 1 is 1.28 bits per heavy atom. The van der Waals surface area contributed by atoms with Crippen molar-refractivity contribution in [2.24, 2.45) is 5.92 Å². The molecule has 0 aromatic heterocycles. The summed E-state index contributed by atoms with van der Waals surface area (Å²) < 4.78 is 0. The predicted molar refractivity (Wildman–Crippen MR) is 74.2 cm³/mol. The molecule has 3 atom stereocenters. The van der Waals surface area contributed by atoms with Gasteiger partial charge in [0, 0.05) is 12.6 Å². The van der Waals surface area contributed by atoms with Gasteiger partial charge in [0.25, 0.3) is 0 Å². The van der Waals surface area contributed by atoms with Gasteiger partial charge >= 0.3 is 0 Å². The van der Waals surface area contributed by atoms with Crippen LogP contribution in [0.2, 0.25) is 0 Å². The Kier molecular flexibility index (Phi) is 4.78. The van der Waals surface area contributed by atoms with E-state index >= 15 is 0 Å². The summed E-state index contributed by atoms with van der Waals surface area (Å²) >= 11 is 0. The third kappa shape index (κ3) is 3.34. The molecular formula is C16H22N2. The van der Waals surface area contributed by atoms with E-state index in [4.69, 9.17) is 5.26 Å². The fraction of sp³-hybridized carbons (Fsp3) is 0.562. The van der Waals surface area contributed by atoms with Gasteiger partial charge in [0.05, 0.1) is 12.0 Å². The molecule has 96 valence electrons. The second-order valence-electron chi connectivity index (χ2n) is 5.35. The van der Waals surface area contributed by atoms with Crippen molar-refractivity contribution in [3.05, 3.63) is 35.9 Å². The van der Waals surface area contributed by atoms with Gasteiger partial charge in [-0.3, -0.25) is 0 Å². The monoisotopic (exact) mass is 242 g/mol. The molecule has 1 saturated carbocycles. The molecule has 2 heteroatoms. The zero-order valence-corrected chi connectivity index (χ0v) is 11.1. The molecule has 0 heterocycles. The van der Waals surface area contributed by atoms with E-state index in [1.54, 1.807) is 0 Å². The number of hydrogen-bond donors (Lipinski definition) is 1. The normalized spacial score (nSPS) is 25.3. The van der Waals surface area contributed by atoms with Crippen LogP contribution in [0.4, 0.5) is 0 Å². The molecule has 1 aliphatic rings. The van der Waals surface area contributed by atoms with Crippen molar-refractivity contribution in [1.29, 1.82) is 5.26 Å². The first-order valence-electron chi connectivity index (χ1n) is 6.99. The Balaban J connectivity index is 2.00. The van der Waals surface area contributed by atoms with Gasteiger partial charge in [-0.1, -0.05) is 43.2 Å². The first-order chi connectivity index (χ1) is 8.81. The van der Waals surface area contributed by atoms with Gasteiger partial charge in [-0.2, -0.15) is 5.26 Å². The van der Waals surface area contributed by atoms with Crippen molar-refractivity contribution >= 4 is 0 Å². The fourth-order valence-corrected chi connectivity index (χ4v) is 2.85. The lowest BCUT2D eigenvalue weighted by Gasteiger charge is -2.33. The summed E-state index contributed by atoms with van der Waals surface area (Å²) in [6, 6.07) is 13.6. The van der Waals surface area contributed by atoms with Gasteiger partial charge in [0.1, 0.15) is 0 Å². The summed E-state index contributed by atoms with van der Waals surface area (Å²) in [6.07, 6.45) is 5.13. The Morgan fingerprint density at radius 3 is 2.72 bits per heavy atom. The minimum Gasteiger partial charge on any atom is -0.312 e. The van der Waals surface area contributed by atoms with E-state index in [0.717, 1.165) is 6.54 Å². The molecule has 0 amide bonds. The molecule has 18 heavy (non-hydrogen) atoms. The van der Waals surface area contributed by atoms with Crippen LogP contribution in [0.15, 0.2) is 30.3 Å². The molecule has 0 aliphatic heterocycles. The van der Waals surface area contributed by atoms with Crippen LogP contribution in [0.3, 0.4) is 0 Å². The van der Waals surface area contributed by atoms with Gasteiger partial charge in [0.2, 0.25) is 0 Å². The standard InChI is InChI=1S/C16H22N2/c1-13(11-17)12-18-16-10-6-5-9-15(16)14-7-3-2-4-8-14/h2-4,7-8,13,15-16,18H,5-6,9-10,12H2,1H3. The number of nitrogens with one attached hydrogen (secondary N) is 1. The SMILES string of the molecule is CC(C#N)CNC1CCCCC1c1ccccc1. The maximum Gasteiger partial charge on any atom is 0.0666 e. The third-order valence-corrected chi connectivity index (χ3v) is 3.90. The minimum absolute atomic E-state index is 0.100. The van der Waals surface area contributed by atoms with Crippen molar-refractivity contribution in [2.45, 2.75) is 44.6 Å². The highest BCUT2D eigenvalue weighted by atomic mass is 14.9. The number of nitrogens with zero attached hydrogens (tertiary/aromatic N) is 1. The Hall–Kier alpha value is -1.33. The van der Waals surface area contributed by atoms with Crippen LogP contribution in [0.1, 0.15) is 44.1 Å². The number of benzene rings is 1. The summed E-state index contributed by atoms with van der Waals surface area (Å²) in [5, 5.41) is 12.5. The molecule has 1 fully saturated rings. The Bertz CT molecular complexity index is 393. The molecule has 1 N–H and O–H groups in total. The van der Waals surface area contributed by atoms with Crippen LogP contribution in [0, 0.1) is 17.2 Å². The maximum absolute atomic E-state index is 8.86. The summed E-state index contributed by atoms with van der Waals surface area (Å²) in [4.78, 5) is 0. The minimum atomic E-state index is 0.100. The average Bonchev–Trinajstić information content (AvgIpc) is 2.46. The molecule has 1 aromatic carbocycles.